The van der Waals surface area contributed by atoms with Crippen LogP contribution in [0, 0.1) is 0 Å². The Bertz CT molecular complexity index is 248. The van der Waals surface area contributed by atoms with Gasteiger partial charge in [0.05, 0.1) is 18.8 Å². The third-order valence-corrected chi connectivity index (χ3v) is 2.61. The minimum absolute atomic E-state index is 0.0243. The molecule has 17 heavy (non-hydrogen) atoms. The molecule has 0 aliphatic carbocycles. The van der Waals surface area contributed by atoms with E-state index in [1.54, 1.807) is 0 Å². The standard InChI is InChI=1S/C11H22N2O4/c1-7(2)13-8-5-17-9(11(8)15)4-12-10(14)6-16-3/h7-9,11,13,15H,4-6H2,1-3H3,(H,12,14)/t8-,9-,11+/m1/s1. The van der Waals surface area contributed by atoms with E-state index in [2.05, 4.69) is 10.6 Å². The molecule has 1 fully saturated rings. The lowest BCUT2D eigenvalue weighted by molar-refractivity contribution is -0.125. The summed E-state index contributed by atoms with van der Waals surface area (Å²) in [4.78, 5) is 11.2. The second-order valence-corrected chi connectivity index (χ2v) is 4.53. The molecule has 3 N–H and O–H groups in total. The van der Waals surface area contributed by atoms with Gasteiger partial charge in [-0.3, -0.25) is 4.79 Å². The van der Waals surface area contributed by atoms with Crippen LogP contribution in [0.4, 0.5) is 0 Å². The number of carbonyl (C=O) groups excluding carboxylic acids is 1. The lowest BCUT2D eigenvalue weighted by atomic mass is 10.1. The summed E-state index contributed by atoms with van der Waals surface area (Å²) in [6, 6.07) is 0.222. The number of aliphatic hydroxyl groups is 1. The summed E-state index contributed by atoms with van der Waals surface area (Å²) < 4.78 is 10.1. The van der Waals surface area contributed by atoms with E-state index in [1.165, 1.54) is 7.11 Å². The molecular formula is C11H22N2O4. The van der Waals surface area contributed by atoms with Crippen LogP contribution in [0.1, 0.15) is 13.8 Å². The zero-order chi connectivity index (χ0) is 12.8. The SMILES string of the molecule is COCC(=O)NC[C@H]1OC[C@@H](NC(C)C)[C@@H]1O. The van der Waals surface area contributed by atoms with Crippen LogP contribution in [0.2, 0.25) is 0 Å². The number of hydrogen-bond donors (Lipinski definition) is 3. The molecule has 1 aliphatic rings. The average molecular weight is 246 g/mol. The van der Waals surface area contributed by atoms with Crippen molar-refractivity contribution in [2.75, 3.05) is 26.9 Å². The number of amides is 1. The molecule has 0 bridgehead atoms. The number of methoxy groups -OCH3 is 1. The Morgan fingerprint density at radius 1 is 1.59 bits per heavy atom. The van der Waals surface area contributed by atoms with Crippen LogP contribution in [0.3, 0.4) is 0 Å². The first-order chi connectivity index (χ1) is 8.04. The Labute approximate surface area is 102 Å². The van der Waals surface area contributed by atoms with Gasteiger partial charge in [0.2, 0.25) is 5.91 Å². The van der Waals surface area contributed by atoms with Gasteiger partial charge in [-0.1, -0.05) is 13.8 Å². The molecule has 0 aromatic rings. The van der Waals surface area contributed by atoms with E-state index in [0.29, 0.717) is 19.2 Å². The van der Waals surface area contributed by atoms with Crippen LogP contribution in [0.5, 0.6) is 0 Å². The molecule has 6 nitrogen and oxygen atoms in total. The van der Waals surface area contributed by atoms with E-state index >= 15 is 0 Å². The Morgan fingerprint density at radius 3 is 2.88 bits per heavy atom. The number of aliphatic hydroxyl groups excluding tert-OH is 1. The maximum atomic E-state index is 11.2. The van der Waals surface area contributed by atoms with Gasteiger partial charge >= 0.3 is 0 Å². The average Bonchev–Trinajstić information content (AvgIpc) is 2.58. The van der Waals surface area contributed by atoms with Gasteiger partial charge in [-0.25, -0.2) is 0 Å². The minimum atomic E-state index is -0.597. The highest BCUT2D eigenvalue weighted by Crippen LogP contribution is 2.14. The molecule has 1 saturated heterocycles. The molecular weight excluding hydrogens is 224 g/mol. The molecule has 1 heterocycles. The largest absolute Gasteiger partial charge is 0.389 e. The van der Waals surface area contributed by atoms with Crippen molar-refractivity contribution in [3.05, 3.63) is 0 Å². The van der Waals surface area contributed by atoms with Crippen molar-refractivity contribution in [2.24, 2.45) is 0 Å². The summed E-state index contributed by atoms with van der Waals surface area (Å²) in [5.41, 5.74) is 0. The van der Waals surface area contributed by atoms with Gasteiger partial charge in [-0.05, 0) is 0 Å². The van der Waals surface area contributed by atoms with Crippen molar-refractivity contribution < 1.29 is 19.4 Å². The summed E-state index contributed by atoms with van der Waals surface area (Å²) in [5.74, 6) is -0.205. The van der Waals surface area contributed by atoms with Crippen molar-refractivity contribution >= 4 is 5.91 Å². The summed E-state index contributed by atoms with van der Waals surface area (Å²) in [6.07, 6.45) is -0.952. The summed E-state index contributed by atoms with van der Waals surface area (Å²) >= 11 is 0. The van der Waals surface area contributed by atoms with Gasteiger partial charge < -0.3 is 25.2 Å². The van der Waals surface area contributed by atoms with Gasteiger partial charge in [0.15, 0.2) is 0 Å². The predicted octanol–water partition coefficient (Wildman–Crippen LogP) is -1.12. The number of rotatable bonds is 6. The van der Waals surface area contributed by atoms with Crippen molar-refractivity contribution in [1.29, 1.82) is 0 Å². The molecule has 1 rings (SSSR count). The van der Waals surface area contributed by atoms with E-state index in [-0.39, 0.29) is 24.7 Å². The van der Waals surface area contributed by atoms with Crippen LogP contribution >= 0.6 is 0 Å². The first-order valence-electron chi connectivity index (χ1n) is 5.86. The Balaban J connectivity index is 2.29. The van der Waals surface area contributed by atoms with Gasteiger partial charge in [-0.15, -0.1) is 0 Å². The van der Waals surface area contributed by atoms with Crippen molar-refractivity contribution in [3.8, 4) is 0 Å². The first kappa shape index (κ1) is 14.4. The third-order valence-electron chi connectivity index (χ3n) is 2.61. The fourth-order valence-electron chi connectivity index (χ4n) is 1.83. The zero-order valence-electron chi connectivity index (χ0n) is 10.6. The smallest absolute Gasteiger partial charge is 0.246 e. The molecule has 0 radical (unpaired) electrons. The maximum absolute atomic E-state index is 11.2. The van der Waals surface area contributed by atoms with Crippen LogP contribution < -0.4 is 10.6 Å². The molecule has 1 aliphatic heterocycles. The summed E-state index contributed by atoms with van der Waals surface area (Å²) in [5, 5.41) is 15.8. The quantitative estimate of drug-likeness (QED) is 0.553. The van der Waals surface area contributed by atoms with E-state index in [1.807, 2.05) is 13.8 Å². The van der Waals surface area contributed by atoms with Crippen LogP contribution in [-0.2, 0) is 14.3 Å². The van der Waals surface area contributed by atoms with Crippen molar-refractivity contribution in [1.82, 2.24) is 10.6 Å². The molecule has 6 heteroatoms. The predicted molar refractivity (Wildman–Crippen MR) is 62.7 cm³/mol. The normalized spacial score (nSPS) is 28.6. The first-order valence-corrected chi connectivity index (χ1v) is 5.86. The second-order valence-electron chi connectivity index (χ2n) is 4.53. The molecule has 0 saturated carbocycles. The molecule has 0 aromatic heterocycles. The highest BCUT2D eigenvalue weighted by atomic mass is 16.5. The molecule has 100 valence electrons. The second kappa shape index (κ2) is 6.90. The summed E-state index contributed by atoms with van der Waals surface area (Å²) in [7, 11) is 1.46. The van der Waals surface area contributed by atoms with Gasteiger partial charge in [0.1, 0.15) is 12.7 Å². The fraction of sp³-hybridized carbons (Fsp3) is 0.909. The zero-order valence-corrected chi connectivity index (χ0v) is 10.6. The van der Waals surface area contributed by atoms with E-state index in [4.69, 9.17) is 9.47 Å². The Kier molecular flexibility index (Phi) is 5.84. The number of nitrogens with one attached hydrogen (secondary N) is 2. The molecule has 0 spiro atoms. The van der Waals surface area contributed by atoms with Crippen LogP contribution in [0.15, 0.2) is 0 Å². The van der Waals surface area contributed by atoms with E-state index < -0.39 is 6.10 Å². The third kappa shape index (κ3) is 4.59. The monoisotopic (exact) mass is 246 g/mol. The molecule has 0 unspecified atom stereocenters. The fourth-order valence-corrected chi connectivity index (χ4v) is 1.83. The van der Waals surface area contributed by atoms with Gasteiger partial charge in [0, 0.05) is 19.7 Å². The van der Waals surface area contributed by atoms with Gasteiger partial charge in [0.25, 0.3) is 0 Å². The molecule has 0 aromatic carbocycles. The highest BCUT2D eigenvalue weighted by Gasteiger charge is 2.35. The highest BCUT2D eigenvalue weighted by molar-refractivity contribution is 5.77. The molecule has 3 atom stereocenters. The minimum Gasteiger partial charge on any atom is -0.389 e. The van der Waals surface area contributed by atoms with E-state index in [0.717, 1.165) is 0 Å². The number of hydrogen-bond acceptors (Lipinski definition) is 5. The van der Waals surface area contributed by atoms with Crippen LogP contribution in [-0.4, -0.2) is 62.2 Å². The number of ether oxygens (including phenoxy) is 2. The number of carbonyl (C=O) groups is 1. The summed E-state index contributed by atoms with van der Waals surface area (Å²) in [6.45, 7) is 4.82. The van der Waals surface area contributed by atoms with Gasteiger partial charge in [-0.2, -0.15) is 0 Å². The van der Waals surface area contributed by atoms with Crippen molar-refractivity contribution in [2.45, 2.75) is 38.1 Å². The van der Waals surface area contributed by atoms with Crippen LogP contribution in [0.25, 0.3) is 0 Å². The lowest BCUT2D eigenvalue weighted by Gasteiger charge is -2.20. The molecule has 1 amide bonds. The maximum Gasteiger partial charge on any atom is 0.246 e. The van der Waals surface area contributed by atoms with Crippen molar-refractivity contribution in [3.63, 3.8) is 0 Å². The lowest BCUT2D eigenvalue weighted by Crippen LogP contribution is -2.47. The Morgan fingerprint density at radius 2 is 2.29 bits per heavy atom. The Hall–Kier alpha value is -0.690. The van der Waals surface area contributed by atoms with E-state index in [9.17, 15) is 9.90 Å². The topological polar surface area (TPSA) is 79.8 Å².